The number of nitrogens with zero attached hydrogens (tertiary/aromatic N) is 2. The molecule has 178 valence electrons. The minimum absolute atomic E-state index is 0.106. The van der Waals surface area contributed by atoms with E-state index in [0.29, 0.717) is 13.0 Å². The number of fused-ring (bicyclic) bond motifs is 2. The van der Waals surface area contributed by atoms with E-state index in [1.54, 1.807) is 0 Å². The van der Waals surface area contributed by atoms with E-state index in [0.717, 1.165) is 52.7 Å². The molecule has 6 rings (SSSR count). The van der Waals surface area contributed by atoms with Crippen molar-refractivity contribution in [2.75, 3.05) is 19.0 Å². The van der Waals surface area contributed by atoms with Gasteiger partial charge in [-0.05, 0) is 60.4 Å². The van der Waals surface area contributed by atoms with Crippen molar-refractivity contribution in [1.82, 2.24) is 4.57 Å². The Hall–Kier alpha value is -3.73. The molecule has 2 atom stereocenters. The quantitative estimate of drug-likeness (QED) is 0.312. The molecule has 35 heavy (non-hydrogen) atoms. The van der Waals surface area contributed by atoms with Gasteiger partial charge in [0.05, 0.1) is 12.0 Å². The van der Waals surface area contributed by atoms with Gasteiger partial charge in [-0.25, -0.2) is 0 Å². The van der Waals surface area contributed by atoms with Crippen LogP contribution in [0.25, 0.3) is 10.9 Å². The number of hydrogen-bond donors (Lipinski definition) is 0. The lowest BCUT2D eigenvalue weighted by atomic mass is 9.88. The molecule has 0 radical (unpaired) electrons. The van der Waals surface area contributed by atoms with Gasteiger partial charge in [-0.1, -0.05) is 42.5 Å². The summed E-state index contributed by atoms with van der Waals surface area (Å²) in [6, 6.07) is 26.7. The molecule has 0 aliphatic heterocycles. The smallest absolute Gasteiger partial charge is 0.310 e. The van der Waals surface area contributed by atoms with Crippen molar-refractivity contribution in [2.45, 2.75) is 43.4 Å². The third kappa shape index (κ3) is 3.75. The molecule has 5 heteroatoms. The Morgan fingerprint density at radius 1 is 0.943 bits per heavy atom. The standard InChI is InChI=1S/C30H30N2O3/c1-31(2)25-10-8-22(9-11-25)18-28(33)35-30-16-15-29(30,21-30)32-17-14-24-19-26(12-13-27(24)32)34-20-23-6-4-3-5-7-23/h3-14,17,19H,15-16,18,20-21H2,1-2H3. The van der Waals surface area contributed by atoms with Gasteiger partial charge < -0.3 is 18.9 Å². The van der Waals surface area contributed by atoms with Crippen LogP contribution in [0, 0.1) is 0 Å². The molecule has 0 saturated heterocycles. The SMILES string of the molecule is CN(C)c1ccc(CC(=O)OC23CCC2(n2ccc4cc(OCc5ccccc5)ccc42)C3)cc1. The van der Waals surface area contributed by atoms with E-state index in [1.165, 1.54) is 0 Å². The topological polar surface area (TPSA) is 43.7 Å². The van der Waals surface area contributed by atoms with Crippen LogP contribution in [-0.2, 0) is 28.1 Å². The fourth-order valence-corrected chi connectivity index (χ4v) is 5.56. The Morgan fingerprint density at radius 2 is 1.74 bits per heavy atom. The average molecular weight is 467 g/mol. The van der Waals surface area contributed by atoms with Gasteiger partial charge in [0.15, 0.2) is 0 Å². The summed E-state index contributed by atoms with van der Waals surface area (Å²) in [5.41, 5.74) is 3.95. The lowest BCUT2D eigenvalue weighted by Gasteiger charge is -2.36. The molecule has 2 unspecified atom stereocenters. The molecule has 0 spiro atoms. The normalized spacial score (nSPS) is 22.2. The molecule has 0 amide bonds. The zero-order valence-corrected chi connectivity index (χ0v) is 20.2. The summed E-state index contributed by atoms with van der Waals surface area (Å²) in [5, 5.41) is 1.14. The number of anilines is 1. The highest BCUT2D eigenvalue weighted by Gasteiger charge is 2.78. The van der Waals surface area contributed by atoms with Gasteiger partial charge in [-0.15, -0.1) is 0 Å². The predicted octanol–water partition coefficient (Wildman–Crippen LogP) is 5.70. The number of esters is 1. The highest BCUT2D eigenvalue weighted by molar-refractivity contribution is 5.83. The maximum atomic E-state index is 12.8. The van der Waals surface area contributed by atoms with Gasteiger partial charge in [0.2, 0.25) is 0 Å². The van der Waals surface area contributed by atoms with E-state index in [9.17, 15) is 4.79 Å². The number of aromatic nitrogens is 1. The number of carbonyl (C=O) groups excluding carboxylic acids is 1. The summed E-state index contributed by atoms with van der Waals surface area (Å²) in [4.78, 5) is 14.9. The predicted molar refractivity (Wildman–Crippen MR) is 138 cm³/mol. The molecule has 0 bridgehead atoms. The van der Waals surface area contributed by atoms with Crippen LogP contribution in [0.4, 0.5) is 5.69 Å². The molecular weight excluding hydrogens is 436 g/mol. The van der Waals surface area contributed by atoms with E-state index < -0.39 is 0 Å². The van der Waals surface area contributed by atoms with Crippen LogP contribution < -0.4 is 9.64 Å². The van der Waals surface area contributed by atoms with Crippen molar-refractivity contribution >= 4 is 22.6 Å². The van der Waals surface area contributed by atoms with Crippen LogP contribution in [0.5, 0.6) is 5.75 Å². The van der Waals surface area contributed by atoms with E-state index in [2.05, 4.69) is 41.1 Å². The maximum absolute atomic E-state index is 12.8. The molecule has 2 saturated carbocycles. The van der Waals surface area contributed by atoms with Crippen molar-refractivity contribution < 1.29 is 14.3 Å². The zero-order valence-electron chi connectivity index (χ0n) is 20.2. The maximum Gasteiger partial charge on any atom is 0.310 e. The van der Waals surface area contributed by atoms with Gasteiger partial charge in [0, 0.05) is 43.3 Å². The molecule has 3 aromatic carbocycles. The summed E-state index contributed by atoms with van der Waals surface area (Å²) in [6.07, 6.45) is 5.30. The second-order valence-electron chi connectivity index (χ2n) is 10.1. The van der Waals surface area contributed by atoms with Crippen LogP contribution >= 0.6 is 0 Å². The molecule has 2 aliphatic carbocycles. The van der Waals surface area contributed by atoms with Gasteiger partial charge in [0.25, 0.3) is 0 Å². The lowest BCUT2D eigenvalue weighted by molar-refractivity contribution is -0.158. The number of ether oxygens (including phenoxy) is 2. The first-order valence-corrected chi connectivity index (χ1v) is 12.2. The van der Waals surface area contributed by atoms with Gasteiger partial charge in [-0.2, -0.15) is 0 Å². The van der Waals surface area contributed by atoms with Crippen LogP contribution in [0.3, 0.4) is 0 Å². The fourth-order valence-electron chi connectivity index (χ4n) is 5.56. The molecular formula is C30H30N2O3. The van der Waals surface area contributed by atoms with Crippen LogP contribution in [0.15, 0.2) is 85.1 Å². The van der Waals surface area contributed by atoms with E-state index in [4.69, 9.17) is 9.47 Å². The molecule has 1 heterocycles. The average Bonchev–Trinajstić information content (AvgIpc) is 3.14. The Kier molecular flexibility index (Phi) is 5.10. The highest BCUT2D eigenvalue weighted by Crippen LogP contribution is 2.71. The zero-order chi connectivity index (χ0) is 24.0. The summed E-state index contributed by atoms with van der Waals surface area (Å²) < 4.78 is 14.5. The Labute approximate surface area is 205 Å². The molecule has 2 fully saturated rings. The summed E-state index contributed by atoms with van der Waals surface area (Å²) in [5.74, 6) is 0.719. The number of hydrogen-bond acceptors (Lipinski definition) is 4. The second-order valence-corrected chi connectivity index (χ2v) is 10.1. The number of carbonyl (C=O) groups is 1. The Morgan fingerprint density at radius 3 is 2.46 bits per heavy atom. The van der Waals surface area contributed by atoms with Crippen molar-refractivity contribution in [1.29, 1.82) is 0 Å². The monoisotopic (exact) mass is 466 g/mol. The van der Waals surface area contributed by atoms with Gasteiger partial charge >= 0.3 is 5.97 Å². The van der Waals surface area contributed by atoms with Crippen molar-refractivity contribution in [3.63, 3.8) is 0 Å². The van der Waals surface area contributed by atoms with Crippen LogP contribution in [0.2, 0.25) is 0 Å². The van der Waals surface area contributed by atoms with E-state index in [-0.39, 0.29) is 17.1 Å². The van der Waals surface area contributed by atoms with Crippen molar-refractivity contribution in [3.05, 3.63) is 96.2 Å². The molecule has 0 N–H and O–H groups in total. The Bertz CT molecular complexity index is 1380. The minimum atomic E-state index is -0.359. The molecule has 2 aliphatic rings. The van der Waals surface area contributed by atoms with E-state index >= 15 is 0 Å². The van der Waals surface area contributed by atoms with Crippen molar-refractivity contribution in [3.8, 4) is 5.75 Å². The van der Waals surface area contributed by atoms with Crippen LogP contribution in [0.1, 0.15) is 30.4 Å². The molecule has 1 aromatic heterocycles. The van der Waals surface area contributed by atoms with Crippen molar-refractivity contribution in [2.24, 2.45) is 0 Å². The molecule has 5 nitrogen and oxygen atoms in total. The summed E-state index contributed by atoms with van der Waals surface area (Å²) >= 11 is 0. The number of rotatable bonds is 8. The first-order valence-electron chi connectivity index (χ1n) is 12.2. The lowest BCUT2D eigenvalue weighted by Crippen LogP contribution is -2.42. The summed E-state index contributed by atoms with van der Waals surface area (Å²) in [7, 11) is 4.02. The van der Waals surface area contributed by atoms with Crippen LogP contribution in [-0.4, -0.2) is 30.2 Å². The van der Waals surface area contributed by atoms with Gasteiger partial charge in [0.1, 0.15) is 18.0 Å². The second kappa shape index (κ2) is 8.19. The van der Waals surface area contributed by atoms with E-state index in [1.807, 2.05) is 67.5 Å². The highest BCUT2D eigenvalue weighted by atomic mass is 16.6. The largest absolute Gasteiger partial charge is 0.489 e. The minimum Gasteiger partial charge on any atom is -0.489 e. The van der Waals surface area contributed by atoms with Gasteiger partial charge in [-0.3, -0.25) is 4.79 Å². The molecule has 4 aromatic rings. The Balaban J connectivity index is 1.13. The summed E-state index contributed by atoms with van der Waals surface area (Å²) in [6.45, 7) is 0.550. The fraction of sp³-hybridized carbons (Fsp3) is 0.300. The first-order chi connectivity index (χ1) is 17.0. The number of benzene rings is 3. The first kappa shape index (κ1) is 21.8. The third-order valence-corrected chi connectivity index (χ3v) is 7.73. The third-order valence-electron chi connectivity index (χ3n) is 7.73.